The maximum absolute atomic E-state index is 12.2. The largest absolute Gasteiger partial charge is 0.243 e. The molecule has 1 aliphatic heterocycles. The molecule has 1 heterocycles. The van der Waals surface area contributed by atoms with Crippen molar-refractivity contribution in [3.05, 3.63) is 40.3 Å². The van der Waals surface area contributed by atoms with E-state index in [4.69, 9.17) is 5.53 Å². The molecule has 0 amide bonds. The van der Waals surface area contributed by atoms with E-state index >= 15 is 0 Å². The first-order chi connectivity index (χ1) is 8.64. The zero-order valence-electron chi connectivity index (χ0n) is 9.86. The van der Waals surface area contributed by atoms with Crippen molar-refractivity contribution in [2.45, 2.75) is 24.3 Å². The molecule has 0 spiro atoms. The molecule has 0 atom stereocenters. The second kappa shape index (κ2) is 5.39. The van der Waals surface area contributed by atoms with Crippen LogP contribution >= 0.6 is 0 Å². The minimum absolute atomic E-state index is 0.237. The Labute approximate surface area is 106 Å². The smallest absolute Gasteiger partial charge is 0.207 e. The van der Waals surface area contributed by atoms with Crippen molar-refractivity contribution in [3.63, 3.8) is 0 Å². The van der Waals surface area contributed by atoms with E-state index in [2.05, 4.69) is 10.0 Å². The van der Waals surface area contributed by atoms with Crippen molar-refractivity contribution in [2.75, 3.05) is 13.1 Å². The summed E-state index contributed by atoms with van der Waals surface area (Å²) in [5, 5.41) is 3.43. The van der Waals surface area contributed by atoms with Crippen LogP contribution in [0.25, 0.3) is 10.4 Å². The van der Waals surface area contributed by atoms with Crippen LogP contribution in [0.5, 0.6) is 0 Å². The van der Waals surface area contributed by atoms with Crippen LogP contribution in [0.4, 0.5) is 0 Å². The zero-order chi connectivity index (χ0) is 13.0. The SMILES string of the molecule is [N-]=[N+]=NCc1ccc(S(=O)(=O)N2CCCC2)cc1. The van der Waals surface area contributed by atoms with E-state index in [9.17, 15) is 8.42 Å². The third-order valence-electron chi connectivity index (χ3n) is 2.94. The molecular weight excluding hydrogens is 252 g/mol. The molecule has 0 bridgehead atoms. The number of hydrogen-bond donors (Lipinski definition) is 0. The fraction of sp³-hybridized carbons (Fsp3) is 0.455. The van der Waals surface area contributed by atoms with E-state index in [-0.39, 0.29) is 6.54 Å². The first kappa shape index (κ1) is 12.9. The van der Waals surface area contributed by atoms with Crippen molar-refractivity contribution >= 4 is 10.0 Å². The summed E-state index contributed by atoms with van der Waals surface area (Å²) in [5.74, 6) is 0. The van der Waals surface area contributed by atoms with Gasteiger partial charge < -0.3 is 0 Å². The summed E-state index contributed by atoms with van der Waals surface area (Å²) in [6, 6.07) is 6.49. The summed E-state index contributed by atoms with van der Waals surface area (Å²) in [6.07, 6.45) is 1.85. The highest BCUT2D eigenvalue weighted by Gasteiger charge is 2.26. The van der Waals surface area contributed by atoms with Crippen LogP contribution in [0.15, 0.2) is 34.3 Å². The zero-order valence-corrected chi connectivity index (χ0v) is 10.7. The lowest BCUT2D eigenvalue weighted by Gasteiger charge is -2.15. The molecule has 1 aromatic rings. The van der Waals surface area contributed by atoms with E-state index in [0.29, 0.717) is 18.0 Å². The van der Waals surface area contributed by atoms with Crippen LogP contribution in [0.3, 0.4) is 0 Å². The van der Waals surface area contributed by atoms with Crippen LogP contribution in [0, 0.1) is 0 Å². The topological polar surface area (TPSA) is 86.1 Å². The van der Waals surface area contributed by atoms with Gasteiger partial charge >= 0.3 is 0 Å². The molecule has 0 unspecified atom stereocenters. The normalized spacial score (nSPS) is 16.4. The Morgan fingerprint density at radius 1 is 1.22 bits per heavy atom. The third-order valence-corrected chi connectivity index (χ3v) is 4.86. The molecule has 96 valence electrons. The lowest BCUT2D eigenvalue weighted by atomic mass is 10.2. The summed E-state index contributed by atoms with van der Waals surface area (Å²) in [4.78, 5) is 2.96. The van der Waals surface area contributed by atoms with Gasteiger partial charge in [-0.2, -0.15) is 4.31 Å². The predicted molar refractivity (Wildman–Crippen MR) is 67.3 cm³/mol. The lowest BCUT2D eigenvalue weighted by Crippen LogP contribution is -2.27. The van der Waals surface area contributed by atoms with Crippen molar-refractivity contribution in [1.82, 2.24) is 4.31 Å². The molecule has 1 aliphatic rings. The quantitative estimate of drug-likeness (QED) is 0.475. The van der Waals surface area contributed by atoms with Gasteiger partial charge in [-0.15, -0.1) is 0 Å². The number of azide groups is 1. The van der Waals surface area contributed by atoms with E-state index in [1.165, 1.54) is 4.31 Å². The maximum atomic E-state index is 12.2. The van der Waals surface area contributed by atoms with Gasteiger partial charge in [-0.3, -0.25) is 0 Å². The highest BCUT2D eigenvalue weighted by molar-refractivity contribution is 7.89. The number of nitrogens with zero attached hydrogens (tertiary/aromatic N) is 4. The first-order valence-electron chi connectivity index (χ1n) is 5.74. The van der Waals surface area contributed by atoms with Gasteiger partial charge in [0.25, 0.3) is 0 Å². The van der Waals surface area contributed by atoms with Crippen molar-refractivity contribution < 1.29 is 8.42 Å². The van der Waals surface area contributed by atoms with Crippen molar-refractivity contribution in [1.29, 1.82) is 0 Å². The lowest BCUT2D eigenvalue weighted by molar-refractivity contribution is 0.477. The van der Waals surface area contributed by atoms with Gasteiger partial charge in [0, 0.05) is 18.0 Å². The van der Waals surface area contributed by atoms with E-state index < -0.39 is 10.0 Å². The van der Waals surface area contributed by atoms with Crippen LogP contribution in [0.2, 0.25) is 0 Å². The molecule has 0 saturated carbocycles. The van der Waals surface area contributed by atoms with E-state index in [0.717, 1.165) is 18.4 Å². The second-order valence-electron chi connectivity index (χ2n) is 4.14. The number of sulfonamides is 1. The molecule has 1 saturated heterocycles. The summed E-state index contributed by atoms with van der Waals surface area (Å²) in [5.41, 5.74) is 9.01. The highest BCUT2D eigenvalue weighted by atomic mass is 32.2. The van der Waals surface area contributed by atoms with Gasteiger partial charge in [-0.1, -0.05) is 17.2 Å². The van der Waals surface area contributed by atoms with Crippen LogP contribution < -0.4 is 0 Å². The van der Waals surface area contributed by atoms with Gasteiger partial charge in [-0.05, 0) is 36.1 Å². The minimum atomic E-state index is -3.35. The highest BCUT2D eigenvalue weighted by Crippen LogP contribution is 2.21. The van der Waals surface area contributed by atoms with Gasteiger partial charge in [0.05, 0.1) is 11.4 Å². The number of benzene rings is 1. The predicted octanol–water partition coefficient (Wildman–Crippen LogP) is 2.28. The summed E-state index contributed by atoms with van der Waals surface area (Å²) < 4.78 is 25.9. The summed E-state index contributed by atoms with van der Waals surface area (Å²) >= 11 is 0. The Balaban J connectivity index is 2.20. The van der Waals surface area contributed by atoms with E-state index in [1.54, 1.807) is 24.3 Å². The standard InChI is InChI=1S/C11H14N4O2S/c12-14-13-9-10-3-5-11(6-4-10)18(16,17)15-7-1-2-8-15/h3-6H,1-2,7-9H2. The maximum Gasteiger partial charge on any atom is 0.243 e. The van der Waals surface area contributed by atoms with Gasteiger partial charge in [0.15, 0.2) is 0 Å². The Kier molecular flexibility index (Phi) is 3.86. The molecular formula is C11H14N4O2S. The fourth-order valence-electron chi connectivity index (χ4n) is 1.96. The number of hydrogen-bond acceptors (Lipinski definition) is 3. The molecule has 1 fully saturated rings. The summed E-state index contributed by atoms with van der Waals surface area (Å²) in [6.45, 7) is 1.44. The Hall–Kier alpha value is -1.56. The number of rotatable bonds is 4. The molecule has 0 aliphatic carbocycles. The summed E-state index contributed by atoms with van der Waals surface area (Å²) in [7, 11) is -3.35. The Bertz CT molecular complexity index is 555. The Morgan fingerprint density at radius 3 is 2.39 bits per heavy atom. The minimum Gasteiger partial charge on any atom is -0.207 e. The van der Waals surface area contributed by atoms with Gasteiger partial charge in [-0.25, -0.2) is 8.42 Å². The fourth-order valence-corrected chi connectivity index (χ4v) is 3.47. The molecule has 6 nitrogen and oxygen atoms in total. The average molecular weight is 266 g/mol. The molecule has 1 aromatic carbocycles. The molecule has 0 aromatic heterocycles. The van der Waals surface area contributed by atoms with Crippen LogP contribution in [-0.4, -0.2) is 25.8 Å². The molecule has 7 heteroatoms. The van der Waals surface area contributed by atoms with Crippen LogP contribution in [-0.2, 0) is 16.6 Å². The third kappa shape index (κ3) is 2.64. The van der Waals surface area contributed by atoms with Gasteiger partial charge in [0.1, 0.15) is 0 Å². The Morgan fingerprint density at radius 2 is 1.83 bits per heavy atom. The average Bonchev–Trinajstić information content (AvgIpc) is 2.91. The molecule has 18 heavy (non-hydrogen) atoms. The van der Waals surface area contributed by atoms with Crippen molar-refractivity contribution in [2.24, 2.45) is 5.11 Å². The monoisotopic (exact) mass is 266 g/mol. The molecule has 0 N–H and O–H groups in total. The van der Waals surface area contributed by atoms with Crippen LogP contribution in [0.1, 0.15) is 18.4 Å². The van der Waals surface area contributed by atoms with Crippen molar-refractivity contribution in [3.8, 4) is 0 Å². The first-order valence-corrected chi connectivity index (χ1v) is 7.18. The molecule has 0 radical (unpaired) electrons. The molecule has 2 rings (SSSR count). The van der Waals surface area contributed by atoms with Gasteiger partial charge in [0.2, 0.25) is 10.0 Å². The second-order valence-corrected chi connectivity index (χ2v) is 6.08. The van der Waals surface area contributed by atoms with E-state index in [1.807, 2.05) is 0 Å².